The Morgan fingerprint density at radius 2 is 1.52 bits per heavy atom. The number of hydrogen-bond donors (Lipinski definition) is 0. The van der Waals surface area contributed by atoms with E-state index in [9.17, 15) is 0 Å². The van der Waals surface area contributed by atoms with Crippen LogP contribution in [0.25, 0.3) is 6.08 Å². The van der Waals surface area contributed by atoms with Crippen molar-refractivity contribution in [2.24, 2.45) is 0 Å². The molecular weight excluding hydrogens is 492 g/mol. The van der Waals surface area contributed by atoms with E-state index in [1.807, 2.05) is 24.3 Å². The maximum atomic E-state index is 3.36. The molecule has 1 unspecified atom stereocenters. The first-order valence-corrected chi connectivity index (χ1v) is 6.83. The zero-order chi connectivity index (χ0) is 13.8. The van der Waals surface area contributed by atoms with Gasteiger partial charge in [-0.3, -0.25) is 0 Å². The molecule has 4 heteroatoms. The monoisotopic (exact) mass is 509 g/mol. The third-order valence-electron chi connectivity index (χ3n) is 3.44. The fraction of sp³-hybridized carbons (Fsp3) is 0.105. The number of rotatable bonds is 1. The van der Waals surface area contributed by atoms with Crippen molar-refractivity contribution in [3.63, 3.8) is 0 Å². The number of aromatic nitrogens is 1. The summed E-state index contributed by atoms with van der Waals surface area (Å²) in [5, 5.41) is 0. The Morgan fingerprint density at radius 3 is 2.09 bits per heavy atom. The molecule has 0 radical (unpaired) electrons. The molecule has 3 aromatic rings. The maximum Gasteiger partial charge on any atom is 4.00 e. The van der Waals surface area contributed by atoms with Gasteiger partial charge < -0.3 is 29.4 Å². The van der Waals surface area contributed by atoms with Gasteiger partial charge in [0.1, 0.15) is 0 Å². The first-order chi connectivity index (χ1) is 9.84. The normalized spacial score (nSPS) is 13.5. The molecule has 2 aromatic carbocycles. The van der Waals surface area contributed by atoms with Crippen molar-refractivity contribution < 1.29 is 50.7 Å². The smallest absolute Gasteiger partial charge is 1.00 e. The van der Waals surface area contributed by atoms with E-state index in [0.29, 0.717) is 0 Å². The molecular formula is C19H17Cl2HfN. The number of nitrogens with zero attached hydrogens (tertiary/aromatic N) is 1. The summed E-state index contributed by atoms with van der Waals surface area (Å²) in [5.41, 5.74) is 3.96. The topological polar surface area (TPSA) is 4.93 Å². The van der Waals surface area contributed by atoms with Gasteiger partial charge in [-0.2, -0.15) is 23.3 Å². The van der Waals surface area contributed by atoms with Gasteiger partial charge in [-0.15, -0.1) is 11.6 Å². The Balaban J connectivity index is 0.000000469. The summed E-state index contributed by atoms with van der Waals surface area (Å²) >= 11 is 0. The molecule has 0 saturated carbocycles. The van der Waals surface area contributed by atoms with Gasteiger partial charge in [-0.25, -0.2) is 24.3 Å². The van der Waals surface area contributed by atoms with Crippen LogP contribution < -0.4 is 24.8 Å². The number of hydrogen-bond acceptors (Lipinski definition) is 0. The van der Waals surface area contributed by atoms with E-state index in [1.54, 1.807) is 0 Å². The Bertz CT molecular complexity index is 688. The van der Waals surface area contributed by atoms with Gasteiger partial charge in [0.2, 0.25) is 0 Å². The van der Waals surface area contributed by atoms with Gasteiger partial charge in [-0.05, 0) is 18.2 Å². The van der Waals surface area contributed by atoms with Gasteiger partial charge in [0.05, 0.1) is 0 Å². The Hall–Kier alpha value is -0.960. The summed E-state index contributed by atoms with van der Waals surface area (Å²) in [6, 6.07) is 21.0. The van der Waals surface area contributed by atoms with Crippen LogP contribution in [0.2, 0.25) is 0 Å². The van der Waals surface area contributed by atoms with Crippen molar-refractivity contribution in [3.05, 3.63) is 95.8 Å². The largest absolute Gasteiger partial charge is 4.00 e. The van der Waals surface area contributed by atoms with Crippen LogP contribution in [0.4, 0.5) is 0 Å². The molecule has 0 spiro atoms. The predicted molar refractivity (Wildman–Crippen MR) is 83.5 cm³/mol. The number of allylic oxidation sites excluding steroid dienone is 1. The molecule has 4 rings (SSSR count). The number of aryl methyl sites for hydroxylation is 1. The number of fused-ring (bicyclic) bond motifs is 1. The van der Waals surface area contributed by atoms with Crippen LogP contribution in [0.3, 0.4) is 0 Å². The Kier molecular flexibility index (Phi) is 10.3. The first kappa shape index (κ1) is 22.0. The molecule has 0 amide bonds. The second kappa shape index (κ2) is 10.7. The molecule has 116 valence electrons. The standard InChI is InChI=1S/C13H10N.C6H7.2ClH.Hf/c1-2-6-12-11(5-1)7-8-13(12)14-9-3-4-10-14;1-6-4-2-3-5-6;;;/h1-7,9-10,13H;2-5H,1H3;2*1H;/q2*-1;;;+4/p-2. The average molecular weight is 509 g/mol. The van der Waals surface area contributed by atoms with E-state index in [1.165, 1.54) is 16.7 Å². The van der Waals surface area contributed by atoms with Gasteiger partial charge in [0.15, 0.2) is 0 Å². The second-order valence-electron chi connectivity index (χ2n) is 4.93. The summed E-state index contributed by atoms with van der Waals surface area (Å²) in [6.07, 6.45) is 9.59. The molecule has 23 heavy (non-hydrogen) atoms. The van der Waals surface area contributed by atoms with Crippen LogP contribution in [-0.2, 0) is 25.8 Å². The Labute approximate surface area is 169 Å². The number of benzene rings is 1. The van der Waals surface area contributed by atoms with Crippen molar-refractivity contribution in [3.8, 4) is 0 Å². The minimum Gasteiger partial charge on any atom is -1.00 e. The molecule has 0 saturated heterocycles. The van der Waals surface area contributed by atoms with E-state index >= 15 is 0 Å². The van der Waals surface area contributed by atoms with E-state index in [0.717, 1.165) is 0 Å². The fourth-order valence-electron chi connectivity index (χ4n) is 2.39. The molecule has 0 fully saturated rings. The summed E-state index contributed by atoms with van der Waals surface area (Å²) in [7, 11) is 0. The van der Waals surface area contributed by atoms with Crippen LogP contribution in [-0.4, -0.2) is 4.57 Å². The van der Waals surface area contributed by atoms with Gasteiger partial charge >= 0.3 is 25.8 Å². The van der Waals surface area contributed by atoms with E-state index in [4.69, 9.17) is 0 Å². The predicted octanol–water partition coefficient (Wildman–Crippen LogP) is -1.37. The van der Waals surface area contributed by atoms with Crippen molar-refractivity contribution in [2.45, 2.75) is 13.0 Å². The third kappa shape index (κ3) is 5.56. The molecule has 1 aliphatic carbocycles. The van der Waals surface area contributed by atoms with Crippen molar-refractivity contribution in [1.29, 1.82) is 0 Å². The quantitative estimate of drug-likeness (QED) is 0.282. The molecule has 1 nitrogen and oxygen atoms in total. The van der Waals surface area contributed by atoms with Crippen LogP contribution in [0.15, 0.2) is 73.1 Å². The van der Waals surface area contributed by atoms with Gasteiger partial charge in [-0.1, -0.05) is 25.1 Å². The van der Waals surface area contributed by atoms with E-state index in [-0.39, 0.29) is 56.7 Å². The summed E-state index contributed by atoms with van der Waals surface area (Å²) in [6.45, 7) is 2.08. The molecule has 1 aromatic heterocycles. The summed E-state index contributed by atoms with van der Waals surface area (Å²) in [5.74, 6) is 0. The van der Waals surface area contributed by atoms with E-state index < -0.39 is 0 Å². The third-order valence-corrected chi connectivity index (χ3v) is 3.44. The molecule has 1 heterocycles. The Morgan fingerprint density at radius 1 is 0.913 bits per heavy atom. The fourth-order valence-corrected chi connectivity index (χ4v) is 2.39. The molecule has 1 aliphatic rings. The van der Waals surface area contributed by atoms with Crippen LogP contribution in [0.5, 0.6) is 0 Å². The minimum absolute atomic E-state index is 0. The minimum atomic E-state index is 0. The van der Waals surface area contributed by atoms with Gasteiger partial charge in [0.25, 0.3) is 0 Å². The molecule has 0 N–H and O–H groups in total. The summed E-state index contributed by atoms with van der Waals surface area (Å²) in [4.78, 5) is 0. The van der Waals surface area contributed by atoms with Crippen molar-refractivity contribution >= 4 is 6.08 Å². The SMILES string of the molecule is C[c-]1cccc1.[C-]1=Cc2ccccc2C1n1cccc1.[Cl-].[Cl-].[Hf+4]. The van der Waals surface area contributed by atoms with Crippen LogP contribution in [0, 0.1) is 13.0 Å². The molecule has 0 bridgehead atoms. The summed E-state index contributed by atoms with van der Waals surface area (Å²) < 4.78 is 2.17. The first-order valence-electron chi connectivity index (χ1n) is 6.83. The zero-order valence-corrected chi connectivity index (χ0v) is 17.9. The molecule has 1 atom stereocenters. The zero-order valence-electron chi connectivity index (χ0n) is 12.8. The number of halogens is 2. The molecule has 0 aliphatic heterocycles. The van der Waals surface area contributed by atoms with Crippen molar-refractivity contribution in [2.75, 3.05) is 0 Å². The van der Waals surface area contributed by atoms with E-state index in [2.05, 4.69) is 72.4 Å². The van der Waals surface area contributed by atoms with Crippen molar-refractivity contribution in [1.82, 2.24) is 4.57 Å². The van der Waals surface area contributed by atoms with Gasteiger partial charge in [0, 0.05) is 12.4 Å². The van der Waals surface area contributed by atoms with Crippen LogP contribution >= 0.6 is 0 Å². The van der Waals surface area contributed by atoms with Crippen LogP contribution in [0.1, 0.15) is 22.7 Å². The maximum absolute atomic E-state index is 3.36. The second-order valence-corrected chi connectivity index (χ2v) is 4.93. The average Bonchev–Trinajstić information content (AvgIpc) is 3.19.